The Kier molecular flexibility index (Phi) is 2.85. The van der Waals surface area contributed by atoms with Crippen molar-refractivity contribution in [3.63, 3.8) is 0 Å². The molecule has 0 spiro atoms. The molecule has 0 fully saturated rings. The molecule has 0 saturated carbocycles. The standard InChI is InChI=1S/C18H17N3/c1-13-15-9-10-21(11-17(15)20-12-19-13)18-8-4-6-14-5-2-3-7-16(14)18/h2-8,12H,9-11H2,1H3. The molecule has 1 aliphatic heterocycles. The van der Waals surface area contributed by atoms with Gasteiger partial charge < -0.3 is 4.90 Å². The van der Waals surface area contributed by atoms with Gasteiger partial charge in [-0.2, -0.15) is 0 Å². The van der Waals surface area contributed by atoms with E-state index in [1.807, 2.05) is 0 Å². The Morgan fingerprint density at radius 3 is 2.81 bits per heavy atom. The molecule has 0 unspecified atom stereocenters. The lowest BCUT2D eigenvalue weighted by Crippen LogP contribution is -2.31. The quantitative estimate of drug-likeness (QED) is 0.680. The summed E-state index contributed by atoms with van der Waals surface area (Å²) in [4.78, 5) is 11.2. The number of nitrogens with zero attached hydrogens (tertiary/aromatic N) is 3. The Bertz CT molecular complexity index is 805. The molecule has 3 heteroatoms. The molecule has 1 aromatic heterocycles. The van der Waals surface area contributed by atoms with Crippen molar-refractivity contribution in [1.82, 2.24) is 9.97 Å². The molecule has 2 heterocycles. The number of aryl methyl sites for hydroxylation is 1. The lowest BCUT2D eigenvalue weighted by atomic mass is 10.0. The molecule has 0 N–H and O–H groups in total. The molecule has 104 valence electrons. The van der Waals surface area contributed by atoms with Crippen LogP contribution in [0.25, 0.3) is 10.8 Å². The summed E-state index contributed by atoms with van der Waals surface area (Å²) in [6.07, 6.45) is 2.70. The first kappa shape index (κ1) is 12.3. The van der Waals surface area contributed by atoms with Gasteiger partial charge in [0.2, 0.25) is 0 Å². The minimum absolute atomic E-state index is 0.868. The number of aromatic nitrogens is 2. The van der Waals surface area contributed by atoms with Crippen molar-refractivity contribution in [2.45, 2.75) is 19.9 Å². The van der Waals surface area contributed by atoms with Crippen molar-refractivity contribution in [3.8, 4) is 0 Å². The number of hydrogen-bond acceptors (Lipinski definition) is 3. The van der Waals surface area contributed by atoms with Crippen LogP contribution in [-0.2, 0) is 13.0 Å². The second-order valence-electron chi connectivity index (χ2n) is 5.55. The van der Waals surface area contributed by atoms with Gasteiger partial charge in [0.25, 0.3) is 0 Å². The van der Waals surface area contributed by atoms with E-state index in [9.17, 15) is 0 Å². The van der Waals surface area contributed by atoms with E-state index in [4.69, 9.17) is 0 Å². The molecule has 21 heavy (non-hydrogen) atoms. The van der Waals surface area contributed by atoms with Gasteiger partial charge in [-0.25, -0.2) is 9.97 Å². The molecule has 1 aliphatic rings. The third-order valence-electron chi connectivity index (χ3n) is 4.33. The number of benzene rings is 2. The highest BCUT2D eigenvalue weighted by molar-refractivity contribution is 5.94. The van der Waals surface area contributed by atoms with E-state index in [1.165, 1.54) is 27.7 Å². The predicted molar refractivity (Wildman–Crippen MR) is 85.5 cm³/mol. The van der Waals surface area contributed by atoms with E-state index in [-0.39, 0.29) is 0 Å². The van der Waals surface area contributed by atoms with Gasteiger partial charge in [0.1, 0.15) is 6.33 Å². The molecule has 0 amide bonds. The van der Waals surface area contributed by atoms with E-state index in [0.717, 1.165) is 25.2 Å². The van der Waals surface area contributed by atoms with Crippen LogP contribution in [0.3, 0.4) is 0 Å². The molecule has 4 rings (SSSR count). The first-order valence-corrected chi connectivity index (χ1v) is 7.35. The molecule has 3 nitrogen and oxygen atoms in total. The Hall–Kier alpha value is -2.42. The fourth-order valence-corrected chi connectivity index (χ4v) is 3.21. The Morgan fingerprint density at radius 1 is 1.00 bits per heavy atom. The SMILES string of the molecule is Cc1ncnc2c1CCN(c1cccc3ccccc13)C2. The summed E-state index contributed by atoms with van der Waals surface area (Å²) in [6, 6.07) is 15.1. The summed E-state index contributed by atoms with van der Waals surface area (Å²) in [5.41, 5.74) is 4.92. The van der Waals surface area contributed by atoms with Crippen LogP contribution in [0.2, 0.25) is 0 Å². The molecule has 0 atom stereocenters. The van der Waals surface area contributed by atoms with Crippen molar-refractivity contribution >= 4 is 16.5 Å². The lowest BCUT2D eigenvalue weighted by Gasteiger charge is -2.31. The largest absolute Gasteiger partial charge is 0.365 e. The fourth-order valence-electron chi connectivity index (χ4n) is 3.21. The predicted octanol–water partition coefficient (Wildman–Crippen LogP) is 3.50. The van der Waals surface area contributed by atoms with Crippen LogP contribution in [0.1, 0.15) is 17.0 Å². The zero-order valence-electron chi connectivity index (χ0n) is 12.1. The highest BCUT2D eigenvalue weighted by atomic mass is 15.1. The number of anilines is 1. The van der Waals surface area contributed by atoms with E-state index < -0.39 is 0 Å². The highest BCUT2D eigenvalue weighted by Crippen LogP contribution is 2.30. The van der Waals surface area contributed by atoms with Gasteiger partial charge in [-0.3, -0.25) is 0 Å². The normalized spacial score (nSPS) is 14.2. The van der Waals surface area contributed by atoms with Crippen LogP contribution in [0.4, 0.5) is 5.69 Å². The maximum atomic E-state index is 4.48. The Balaban J connectivity index is 1.78. The van der Waals surface area contributed by atoms with Crippen molar-refractivity contribution in [1.29, 1.82) is 0 Å². The van der Waals surface area contributed by atoms with Crippen LogP contribution in [0.15, 0.2) is 48.8 Å². The highest BCUT2D eigenvalue weighted by Gasteiger charge is 2.20. The van der Waals surface area contributed by atoms with Gasteiger partial charge in [0, 0.05) is 23.3 Å². The minimum Gasteiger partial charge on any atom is -0.365 e. The molecule has 2 aromatic carbocycles. The summed E-state index contributed by atoms with van der Waals surface area (Å²) in [7, 11) is 0. The van der Waals surface area contributed by atoms with Crippen molar-refractivity contribution in [2.75, 3.05) is 11.4 Å². The average Bonchev–Trinajstić information content (AvgIpc) is 2.54. The molecular formula is C18H17N3. The molecule has 0 aliphatic carbocycles. The second kappa shape index (κ2) is 4.85. The number of rotatable bonds is 1. The molecule has 0 bridgehead atoms. The summed E-state index contributed by atoms with van der Waals surface area (Å²) in [5, 5.41) is 2.61. The van der Waals surface area contributed by atoms with Gasteiger partial charge in [-0.05, 0) is 30.4 Å². The van der Waals surface area contributed by atoms with Crippen LogP contribution in [0, 0.1) is 6.92 Å². The fraction of sp³-hybridized carbons (Fsp3) is 0.222. The molecule has 3 aromatic rings. The van der Waals surface area contributed by atoms with Crippen LogP contribution in [0.5, 0.6) is 0 Å². The smallest absolute Gasteiger partial charge is 0.116 e. The molecular weight excluding hydrogens is 258 g/mol. The van der Waals surface area contributed by atoms with Crippen molar-refractivity contribution in [2.24, 2.45) is 0 Å². The first-order valence-electron chi connectivity index (χ1n) is 7.35. The Labute approximate surface area is 124 Å². The zero-order chi connectivity index (χ0) is 14.2. The van der Waals surface area contributed by atoms with Crippen molar-refractivity contribution < 1.29 is 0 Å². The molecule has 0 radical (unpaired) electrons. The van der Waals surface area contributed by atoms with Crippen molar-refractivity contribution in [3.05, 3.63) is 65.7 Å². The average molecular weight is 275 g/mol. The third-order valence-corrected chi connectivity index (χ3v) is 4.33. The number of fused-ring (bicyclic) bond motifs is 2. The monoisotopic (exact) mass is 275 g/mol. The van der Waals surface area contributed by atoms with Gasteiger partial charge in [0.05, 0.1) is 12.2 Å². The first-order chi connectivity index (χ1) is 10.3. The second-order valence-corrected chi connectivity index (χ2v) is 5.55. The maximum Gasteiger partial charge on any atom is 0.116 e. The van der Waals surface area contributed by atoms with Crippen LogP contribution < -0.4 is 4.90 Å². The number of hydrogen-bond donors (Lipinski definition) is 0. The van der Waals surface area contributed by atoms with Gasteiger partial charge in [-0.1, -0.05) is 36.4 Å². The maximum absolute atomic E-state index is 4.48. The van der Waals surface area contributed by atoms with E-state index in [0.29, 0.717) is 0 Å². The van der Waals surface area contributed by atoms with Gasteiger partial charge >= 0.3 is 0 Å². The van der Waals surface area contributed by atoms with Crippen LogP contribution >= 0.6 is 0 Å². The molecule has 0 saturated heterocycles. The van der Waals surface area contributed by atoms with E-state index in [1.54, 1.807) is 6.33 Å². The van der Waals surface area contributed by atoms with Gasteiger partial charge in [0.15, 0.2) is 0 Å². The summed E-state index contributed by atoms with van der Waals surface area (Å²) >= 11 is 0. The van der Waals surface area contributed by atoms with Gasteiger partial charge in [-0.15, -0.1) is 0 Å². The zero-order valence-corrected chi connectivity index (χ0v) is 12.1. The summed E-state index contributed by atoms with van der Waals surface area (Å²) in [5.74, 6) is 0. The lowest BCUT2D eigenvalue weighted by molar-refractivity contribution is 0.699. The third kappa shape index (κ3) is 2.05. The topological polar surface area (TPSA) is 29.0 Å². The summed E-state index contributed by atoms with van der Waals surface area (Å²) < 4.78 is 0. The minimum atomic E-state index is 0.868. The van der Waals surface area contributed by atoms with E-state index in [2.05, 4.69) is 64.3 Å². The van der Waals surface area contributed by atoms with Crippen LogP contribution in [-0.4, -0.2) is 16.5 Å². The Morgan fingerprint density at radius 2 is 1.86 bits per heavy atom. The van der Waals surface area contributed by atoms with E-state index >= 15 is 0 Å². The summed E-state index contributed by atoms with van der Waals surface area (Å²) in [6.45, 7) is 3.97.